The fraction of sp³-hybridized carbons (Fsp3) is 0.846. The molecule has 0 aliphatic heterocycles. The second-order valence-electron chi connectivity index (χ2n) is 5.51. The normalized spacial score (nSPS) is 14.3. The van der Waals surface area contributed by atoms with Gasteiger partial charge in [0.1, 0.15) is 11.6 Å². The molecule has 0 aliphatic rings. The van der Waals surface area contributed by atoms with Crippen LogP contribution in [0.2, 0.25) is 0 Å². The number of nitrogens with one attached hydrogen (secondary N) is 1. The van der Waals surface area contributed by atoms with E-state index in [-0.39, 0.29) is 13.0 Å². The number of amides is 1. The van der Waals surface area contributed by atoms with Crippen LogP contribution in [0.4, 0.5) is 4.79 Å². The number of carboxylic acid groups (broad SMARTS) is 1. The van der Waals surface area contributed by atoms with Gasteiger partial charge in [0.15, 0.2) is 0 Å². The van der Waals surface area contributed by atoms with E-state index in [2.05, 4.69) is 5.32 Å². The number of carboxylic acids is 1. The highest BCUT2D eigenvalue weighted by molar-refractivity contribution is 7.99. The minimum atomic E-state index is -1.11. The monoisotopic (exact) mass is 323 g/mol. The number of rotatable bonds is 9. The van der Waals surface area contributed by atoms with Crippen molar-refractivity contribution in [1.82, 2.24) is 5.32 Å². The molecule has 2 atom stereocenters. The van der Waals surface area contributed by atoms with Crippen LogP contribution in [0.15, 0.2) is 0 Å². The molecule has 3 N–H and O–H groups in total. The third kappa shape index (κ3) is 11.4. The van der Waals surface area contributed by atoms with Crippen molar-refractivity contribution >= 4 is 23.8 Å². The van der Waals surface area contributed by atoms with Crippen molar-refractivity contribution in [2.45, 2.75) is 44.9 Å². The number of ether oxygens (including phenoxy) is 2. The Morgan fingerprint density at radius 3 is 2.43 bits per heavy atom. The van der Waals surface area contributed by atoms with Crippen LogP contribution in [-0.4, -0.2) is 65.2 Å². The topological polar surface area (TPSA) is 105 Å². The highest BCUT2D eigenvalue weighted by atomic mass is 32.2. The second kappa shape index (κ2) is 9.86. The molecule has 0 rings (SSSR count). The summed E-state index contributed by atoms with van der Waals surface area (Å²) in [7, 11) is 1.50. The molecule has 0 saturated carbocycles. The second-order valence-corrected chi connectivity index (χ2v) is 6.66. The molecule has 0 heterocycles. The number of carbonyl (C=O) groups excluding carboxylic acids is 1. The Kier molecular flexibility index (Phi) is 9.39. The SMILES string of the molecule is COCC(O)CSCCC(NC(=O)OC(C)(C)C)C(=O)O. The summed E-state index contributed by atoms with van der Waals surface area (Å²) >= 11 is 1.40. The largest absolute Gasteiger partial charge is 0.480 e. The van der Waals surface area contributed by atoms with Crippen LogP contribution >= 0.6 is 11.8 Å². The van der Waals surface area contributed by atoms with E-state index in [9.17, 15) is 14.7 Å². The standard InChI is InChI=1S/C13H25NO6S/c1-13(2,3)20-12(18)14-10(11(16)17)5-6-21-8-9(15)7-19-4/h9-10,15H,5-8H2,1-4H3,(H,14,18)(H,16,17). The number of alkyl carbamates (subject to hydrolysis) is 1. The fourth-order valence-electron chi connectivity index (χ4n) is 1.37. The van der Waals surface area contributed by atoms with Crippen molar-refractivity contribution in [2.24, 2.45) is 0 Å². The number of aliphatic hydroxyl groups excluding tert-OH is 1. The van der Waals surface area contributed by atoms with Gasteiger partial charge in [0, 0.05) is 12.9 Å². The average molecular weight is 323 g/mol. The molecule has 124 valence electrons. The summed E-state index contributed by atoms with van der Waals surface area (Å²) < 4.78 is 9.81. The van der Waals surface area contributed by atoms with Crippen molar-refractivity contribution in [3.63, 3.8) is 0 Å². The smallest absolute Gasteiger partial charge is 0.408 e. The van der Waals surface area contributed by atoms with Crippen LogP contribution in [0, 0.1) is 0 Å². The Morgan fingerprint density at radius 2 is 1.95 bits per heavy atom. The molecule has 0 aliphatic carbocycles. The molecule has 0 saturated heterocycles. The highest BCUT2D eigenvalue weighted by Crippen LogP contribution is 2.10. The molecule has 0 spiro atoms. The van der Waals surface area contributed by atoms with E-state index in [0.29, 0.717) is 11.5 Å². The minimum Gasteiger partial charge on any atom is -0.480 e. The van der Waals surface area contributed by atoms with E-state index in [1.807, 2.05) is 0 Å². The summed E-state index contributed by atoms with van der Waals surface area (Å²) in [5.74, 6) is -0.168. The number of aliphatic hydroxyl groups is 1. The molecule has 21 heavy (non-hydrogen) atoms. The van der Waals surface area contributed by atoms with Crippen LogP contribution < -0.4 is 5.32 Å². The maximum Gasteiger partial charge on any atom is 0.408 e. The molecule has 0 aromatic carbocycles. The average Bonchev–Trinajstić information content (AvgIpc) is 2.30. The first-order valence-corrected chi connectivity index (χ1v) is 7.78. The lowest BCUT2D eigenvalue weighted by atomic mass is 10.2. The van der Waals surface area contributed by atoms with Crippen LogP contribution in [0.3, 0.4) is 0 Å². The number of hydrogen-bond acceptors (Lipinski definition) is 6. The molecule has 1 amide bonds. The molecular weight excluding hydrogens is 298 g/mol. The van der Waals surface area contributed by atoms with Crippen LogP contribution in [0.25, 0.3) is 0 Å². The third-order valence-electron chi connectivity index (χ3n) is 2.21. The van der Waals surface area contributed by atoms with Gasteiger partial charge in [0.05, 0.1) is 12.7 Å². The van der Waals surface area contributed by atoms with Gasteiger partial charge in [0.25, 0.3) is 0 Å². The zero-order valence-electron chi connectivity index (χ0n) is 12.9. The Labute approximate surface area is 129 Å². The van der Waals surface area contributed by atoms with Crippen molar-refractivity contribution in [3.8, 4) is 0 Å². The summed E-state index contributed by atoms with van der Waals surface area (Å²) in [5, 5.41) is 20.8. The number of hydrogen-bond donors (Lipinski definition) is 3. The van der Waals surface area contributed by atoms with Gasteiger partial charge in [-0.25, -0.2) is 9.59 Å². The lowest BCUT2D eigenvalue weighted by Gasteiger charge is -2.22. The number of aliphatic carboxylic acids is 1. The highest BCUT2D eigenvalue weighted by Gasteiger charge is 2.23. The Hall–Kier alpha value is -0.990. The molecule has 0 radical (unpaired) electrons. The van der Waals surface area contributed by atoms with Gasteiger partial charge in [0.2, 0.25) is 0 Å². The van der Waals surface area contributed by atoms with E-state index < -0.39 is 29.8 Å². The molecule has 0 aromatic heterocycles. The van der Waals surface area contributed by atoms with E-state index in [4.69, 9.17) is 14.6 Å². The number of methoxy groups -OCH3 is 1. The molecule has 7 nitrogen and oxygen atoms in total. The summed E-state index contributed by atoms with van der Waals surface area (Å²) in [6.07, 6.45) is -1.08. The first-order chi connectivity index (χ1) is 9.65. The van der Waals surface area contributed by atoms with Gasteiger partial charge in [-0.15, -0.1) is 0 Å². The van der Waals surface area contributed by atoms with Crippen LogP contribution in [0.1, 0.15) is 27.2 Å². The maximum absolute atomic E-state index is 11.5. The quantitative estimate of drug-likeness (QED) is 0.546. The predicted octanol–water partition coefficient (Wildman–Crippen LogP) is 1.09. The van der Waals surface area contributed by atoms with Gasteiger partial charge in [-0.3, -0.25) is 0 Å². The molecule has 2 unspecified atom stereocenters. The molecule has 0 bridgehead atoms. The van der Waals surface area contributed by atoms with Gasteiger partial charge in [-0.05, 0) is 32.9 Å². The Bertz CT molecular complexity index is 331. The first kappa shape index (κ1) is 20.0. The molecule has 0 aromatic rings. The fourth-order valence-corrected chi connectivity index (χ4v) is 2.31. The molecule has 8 heteroatoms. The maximum atomic E-state index is 11.5. The minimum absolute atomic E-state index is 0.242. The van der Waals surface area contributed by atoms with Gasteiger partial charge in [-0.1, -0.05) is 0 Å². The van der Waals surface area contributed by atoms with E-state index in [0.717, 1.165) is 0 Å². The summed E-state index contributed by atoms with van der Waals surface area (Å²) in [4.78, 5) is 22.6. The third-order valence-corrected chi connectivity index (χ3v) is 3.35. The van der Waals surface area contributed by atoms with Crippen LogP contribution in [0.5, 0.6) is 0 Å². The summed E-state index contributed by atoms with van der Waals surface area (Å²) in [5.41, 5.74) is -0.674. The number of thioether (sulfide) groups is 1. The van der Waals surface area contributed by atoms with Crippen molar-refractivity contribution in [2.75, 3.05) is 25.2 Å². The van der Waals surface area contributed by atoms with E-state index in [1.165, 1.54) is 18.9 Å². The van der Waals surface area contributed by atoms with Gasteiger partial charge < -0.3 is 25.0 Å². The number of carbonyl (C=O) groups is 2. The lowest BCUT2D eigenvalue weighted by Crippen LogP contribution is -2.43. The van der Waals surface area contributed by atoms with E-state index >= 15 is 0 Å². The predicted molar refractivity (Wildman–Crippen MR) is 80.6 cm³/mol. The van der Waals surface area contributed by atoms with Crippen molar-refractivity contribution in [1.29, 1.82) is 0 Å². The Morgan fingerprint density at radius 1 is 1.33 bits per heavy atom. The van der Waals surface area contributed by atoms with E-state index in [1.54, 1.807) is 20.8 Å². The molecule has 0 fully saturated rings. The van der Waals surface area contributed by atoms with Crippen molar-refractivity contribution in [3.05, 3.63) is 0 Å². The Balaban J connectivity index is 4.09. The van der Waals surface area contributed by atoms with Gasteiger partial charge in [-0.2, -0.15) is 11.8 Å². The zero-order chi connectivity index (χ0) is 16.5. The van der Waals surface area contributed by atoms with Gasteiger partial charge >= 0.3 is 12.1 Å². The summed E-state index contributed by atoms with van der Waals surface area (Å²) in [6.45, 7) is 5.35. The van der Waals surface area contributed by atoms with Crippen LogP contribution in [-0.2, 0) is 14.3 Å². The summed E-state index contributed by atoms with van der Waals surface area (Å²) in [6, 6.07) is -1.01. The molecular formula is C13H25NO6S. The first-order valence-electron chi connectivity index (χ1n) is 6.62. The zero-order valence-corrected chi connectivity index (χ0v) is 13.7. The lowest BCUT2D eigenvalue weighted by molar-refractivity contribution is -0.139. The van der Waals surface area contributed by atoms with Crippen molar-refractivity contribution < 1.29 is 29.3 Å².